The van der Waals surface area contributed by atoms with Crippen molar-refractivity contribution in [2.75, 3.05) is 6.61 Å². The van der Waals surface area contributed by atoms with Crippen LogP contribution in [0.15, 0.2) is 27.5 Å². The monoisotopic (exact) mass is 332 g/mol. The second-order valence-corrected chi connectivity index (χ2v) is 6.10. The molecule has 1 aliphatic heterocycles. The zero-order valence-electron chi connectivity index (χ0n) is 10.8. The maximum Gasteiger partial charge on any atom is 0.265 e. The van der Waals surface area contributed by atoms with Crippen molar-refractivity contribution in [1.82, 2.24) is 9.97 Å². The lowest BCUT2D eigenvalue weighted by atomic mass is 10.1. The van der Waals surface area contributed by atoms with Crippen LogP contribution in [0.5, 0.6) is 5.75 Å². The van der Waals surface area contributed by atoms with E-state index < -0.39 is 0 Å². The number of halogens is 1. The van der Waals surface area contributed by atoms with Gasteiger partial charge < -0.3 is 9.72 Å². The van der Waals surface area contributed by atoms with Gasteiger partial charge in [-0.2, -0.15) is 0 Å². The Morgan fingerprint density at radius 2 is 2.20 bits per heavy atom. The number of benzene rings is 1. The number of aromatic nitrogens is 2. The smallest absolute Gasteiger partial charge is 0.265 e. The summed E-state index contributed by atoms with van der Waals surface area (Å²) in [5.41, 5.74) is 2.91. The minimum Gasteiger partial charge on any atom is -0.493 e. The van der Waals surface area contributed by atoms with Crippen molar-refractivity contribution in [3.8, 4) is 17.1 Å². The van der Waals surface area contributed by atoms with Crippen LogP contribution in [0.1, 0.15) is 30.0 Å². The molecule has 0 spiro atoms. The molecule has 5 heteroatoms. The predicted molar refractivity (Wildman–Crippen MR) is 79.2 cm³/mol. The van der Waals surface area contributed by atoms with Crippen LogP contribution in [0.25, 0.3) is 11.4 Å². The molecule has 1 aromatic carbocycles. The number of nitrogens with one attached hydrogen (secondary N) is 1. The van der Waals surface area contributed by atoms with E-state index in [0.717, 1.165) is 42.9 Å². The number of nitrogens with zero attached hydrogens (tertiary/aromatic N) is 1. The number of aromatic amines is 1. The molecule has 1 saturated carbocycles. The first-order valence-electron chi connectivity index (χ1n) is 6.78. The largest absolute Gasteiger partial charge is 0.493 e. The zero-order chi connectivity index (χ0) is 13.7. The highest BCUT2D eigenvalue weighted by molar-refractivity contribution is 9.10. The van der Waals surface area contributed by atoms with Crippen molar-refractivity contribution >= 4 is 15.9 Å². The lowest BCUT2D eigenvalue weighted by molar-refractivity contribution is 0.357. The molecule has 2 aromatic rings. The molecular formula is C15H13BrN2O2. The second-order valence-electron chi connectivity index (χ2n) is 5.31. The molecule has 1 fully saturated rings. The van der Waals surface area contributed by atoms with Gasteiger partial charge in [-0.1, -0.05) is 0 Å². The number of ether oxygens (including phenoxy) is 1. The number of hydrogen-bond donors (Lipinski definition) is 1. The van der Waals surface area contributed by atoms with Gasteiger partial charge in [0, 0.05) is 17.9 Å². The lowest BCUT2D eigenvalue weighted by Gasteiger charge is -2.07. The zero-order valence-corrected chi connectivity index (χ0v) is 12.4. The van der Waals surface area contributed by atoms with Crippen LogP contribution in [0, 0.1) is 0 Å². The molecule has 0 bridgehead atoms. The summed E-state index contributed by atoms with van der Waals surface area (Å²) in [4.78, 5) is 19.5. The molecule has 1 aromatic heterocycles. The molecule has 1 N–H and O–H groups in total. The topological polar surface area (TPSA) is 55.0 Å². The van der Waals surface area contributed by atoms with Crippen molar-refractivity contribution in [1.29, 1.82) is 0 Å². The van der Waals surface area contributed by atoms with Crippen molar-refractivity contribution < 1.29 is 4.74 Å². The second kappa shape index (κ2) is 4.45. The number of fused-ring (bicyclic) bond motifs is 1. The molecule has 2 aliphatic rings. The molecule has 102 valence electrons. The van der Waals surface area contributed by atoms with Gasteiger partial charge in [0.2, 0.25) is 0 Å². The van der Waals surface area contributed by atoms with E-state index in [1.807, 2.05) is 12.1 Å². The van der Waals surface area contributed by atoms with Crippen molar-refractivity contribution in [3.63, 3.8) is 0 Å². The van der Waals surface area contributed by atoms with E-state index in [0.29, 0.717) is 16.2 Å². The van der Waals surface area contributed by atoms with Crippen LogP contribution in [0.3, 0.4) is 0 Å². The van der Waals surface area contributed by atoms with Crippen LogP contribution < -0.4 is 10.3 Å². The van der Waals surface area contributed by atoms with Crippen molar-refractivity contribution in [2.24, 2.45) is 0 Å². The first-order chi connectivity index (χ1) is 9.72. The molecule has 0 unspecified atom stereocenters. The molecule has 2 heterocycles. The molecule has 20 heavy (non-hydrogen) atoms. The van der Waals surface area contributed by atoms with Gasteiger partial charge in [-0.15, -0.1) is 0 Å². The van der Waals surface area contributed by atoms with Crippen LogP contribution >= 0.6 is 15.9 Å². The SMILES string of the molecule is O=c1[nH]c(-c2ccc3c(c2)CCO3)nc(C2CC2)c1Br. The minimum atomic E-state index is -0.103. The van der Waals surface area contributed by atoms with Gasteiger partial charge in [-0.25, -0.2) is 4.98 Å². The van der Waals surface area contributed by atoms with Crippen LogP contribution in [0.4, 0.5) is 0 Å². The van der Waals surface area contributed by atoms with Gasteiger partial charge in [0.1, 0.15) is 16.0 Å². The van der Waals surface area contributed by atoms with Crippen LogP contribution in [-0.2, 0) is 6.42 Å². The highest BCUT2D eigenvalue weighted by atomic mass is 79.9. The molecule has 0 amide bonds. The summed E-state index contributed by atoms with van der Waals surface area (Å²) in [6, 6.07) is 5.97. The van der Waals surface area contributed by atoms with Gasteiger partial charge in [-0.3, -0.25) is 4.79 Å². The van der Waals surface area contributed by atoms with E-state index in [-0.39, 0.29) is 5.56 Å². The molecular weight excluding hydrogens is 320 g/mol. The van der Waals surface area contributed by atoms with Crippen LogP contribution in [-0.4, -0.2) is 16.6 Å². The van der Waals surface area contributed by atoms with Crippen molar-refractivity contribution in [2.45, 2.75) is 25.2 Å². The van der Waals surface area contributed by atoms with E-state index in [4.69, 9.17) is 4.74 Å². The van der Waals surface area contributed by atoms with Crippen LogP contribution in [0.2, 0.25) is 0 Å². The molecule has 4 rings (SSSR count). The maximum absolute atomic E-state index is 12.0. The fourth-order valence-corrected chi connectivity index (χ4v) is 3.09. The quantitative estimate of drug-likeness (QED) is 0.919. The molecule has 0 radical (unpaired) electrons. The summed E-state index contributed by atoms with van der Waals surface area (Å²) in [5, 5.41) is 0. The summed E-state index contributed by atoms with van der Waals surface area (Å²) in [5.74, 6) is 2.02. The fourth-order valence-electron chi connectivity index (χ4n) is 2.57. The van der Waals surface area contributed by atoms with E-state index in [2.05, 4.69) is 32.0 Å². The van der Waals surface area contributed by atoms with Gasteiger partial charge >= 0.3 is 0 Å². The molecule has 0 saturated heterocycles. The summed E-state index contributed by atoms with van der Waals surface area (Å²) >= 11 is 3.35. The number of rotatable bonds is 2. The summed E-state index contributed by atoms with van der Waals surface area (Å²) in [6.45, 7) is 0.733. The summed E-state index contributed by atoms with van der Waals surface area (Å²) in [6.07, 6.45) is 3.15. The average Bonchev–Trinajstić information content (AvgIpc) is 3.18. The van der Waals surface area contributed by atoms with Gasteiger partial charge in [0.05, 0.1) is 12.3 Å². The number of hydrogen-bond acceptors (Lipinski definition) is 3. The van der Waals surface area contributed by atoms with Gasteiger partial charge in [0.15, 0.2) is 0 Å². The molecule has 0 atom stereocenters. The van der Waals surface area contributed by atoms with Gasteiger partial charge in [-0.05, 0) is 52.5 Å². The van der Waals surface area contributed by atoms with E-state index in [9.17, 15) is 4.79 Å². The first-order valence-corrected chi connectivity index (χ1v) is 7.57. The van der Waals surface area contributed by atoms with E-state index in [1.54, 1.807) is 0 Å². The lowest BCUT2D eigenvalue weighted by Crippen LogP contribution is -2.13. The Morgan fingerprint density at radius 3 is 3.00 bits per heavy atom. The third-order valence-electron chi connectivity index (χ3n) is 3.82. The third kappa shape index (κ3) is 1.97. The van der Waals surface area contributed by atoms with Gasteiger partial charge in [0.25, 0.3) is 5.56 Å². The Balaban J connectivity index is 1.84. The maximum atomic E-state index is 12.0. The van der Waals surface area contributed by atoms with E-state index >= 15 is 0 Å². The Kier molecular flexibility index (Phi) is 2.70. The Labute approximate surface area is 124 Å². The van der Waals surface area contributed by atoms with Crippen molar-refractivity contribution in [3.05, 3.63) is 44.3 Å². The highest BCUT2D eigenvalue weighted by Crippen LogP contribution is 2.41. The predicted octanol–water partition coefficient (Wildman–Crippen LogP) is 3.01. The fraction of sp³-hybridized carbons (Fsp3) is 0.333. The minimum absolute atomic E-state index is 0.103. The Hall–Kier alpha value is -1.62. The highest BCUT2D eigenvalue weighted by Gasteiger charge is 2.29. The normalized spacial score (nSPS) is 16.9. The third-order valence-corrected chi connectivity index (χ3v) is 4.58. The van der Waals surface area contributed by atoms with E-state index in [1.165, 1.54) is 5.56 Å². The summed E-state index contributed by atoms with van der Waals surface area (Å²) in [7, 11) is 0. The number of H-pyrrole nitrogens is 1. The average molecular weight is 333 g/mol. The Morgan fingerprint density at radius 1 is 1.35 bits per heavy atom. The molecule has 1 aliphatic carbocycles. The Bertz CT molecular complexity index is 750. The summed E-state index contributed by atoms with van der Waals surface area (Å²) < 4.78 is 6.08. The first kappa shape index (κ1) is 12.1. The molecule has 4 nitrogen and oxygen atoms in total. The standard InChI is InChI=1S/C15H13BrN2O2/c16-12-13(8-1-2-8)17-14(18-15(12)19)10-3-4-11-9(7-10)5-6-20-11/h3-4,7-8H,1-2,5-6H2,(H,17,18,19).